The third-order valence-corrected chi connectivity index (χ3v) is 10.6. The number of methoxy groups -OCH3 is 4. The molecule has 17 nitrogen and oxygen atoms in total. The molecule has 288 valence electrons. The standard InChI is InChI=1S/C37H41N3O14/c1-8-9-38-40-26-30(50-4)15(3)54-34(31(26)51-5)39-19-13-20(41)23-17(27(19)43)12-18-24(28(23)44)33(47)37(53-7)21(42)11-16-10-14(2)22(35(48)52-6)29(45)25(16)36(37,49)32(18)46/h10,12,15,21,30-31,34,38,42,44-45,49H,8-9,11,13H2,1-7H3/t15-,21+,30-,31+,34-,36-,37+/m0/s1. The second-order valence-corrected chi connectivity index (χ2v) is 13.5. The molecule has 2 aromatic rings. The van der Waals surface area contributed by atoms with Crippen molar-refractivity contribution in [2.75, 3.05) is 35.0 Å². The first kappa shape index (κ1) is 38.8. The number of phenols is 2. The Balaban J connectivity index is 1.52. The summed E-state index contributed by atoms with van der Waals surface area (Å²) in [4.78, 5) is 74.3. The lowest BCUT2D eigenvalue weighted by Crippen LogP contribution is -2.73. The molecule has 7 atom stereocenters. The largest absolute Gasteiger partial charge is 0.507 e. The van der Waals surface area contributed by atoms with Gasteiger partial charge in [0.1, 0.15) is 35.0 Å². The van der Waals surface area contributed by atoms with E-state index in [9.17, 15) is 44.4 Å². The van der Waals surface area contributed by atoms with E-state index in [1.54, 1.807) is 6.92 Å². The summed E-state index contributed by atoms with van der Waals surface area (Å²) in [6, 6.07) is 2.22. The zero-order valence-corrected chi connectivity index (χ0v) is 30.6. The van der Waals surface area contributed by atoms with Crippen LogP contribution in [0.3, 0.4) is 0 Å². The maximum Gasteiger partial charge on any atom is 0.341 e. The highest BCUT2D eigenvalue weighted by molar-refractivity contribution is 6.53. The van der Waals surface area contributed by atoms with Crippen molar-refractivity contribution in [1.29, 1.82) is 0 Å². The second-order valence-electron chi connectivity index (χ2n) is 13.5. The van der Waals surface area contributed by atoms with Gasteiger partial charge in [-0.2, -0.15) is 5.10 Å². The lowest BCUT2D eigenvalue weighted by Gasteiger charge is -2.52. The number of nitrogens with one attached hydrogen (secondary N) is 1. The highest BCUT2D eigenvalue weighted by atomic mass is 16.6. The number of hydrogen-bond donors (Lipinski definition) is 5. The number of aromatic hydroxyl groups is 2. The average molecular weight is 752 g/mol. The molecule has 17 heteroatoms. The van der Waals surface area contributed by atoms with Gasteiger partial charge in [-0.1, -0.05) is 13.0 Å². The van der Waals surface area contributed by atoms with E-state index in [-0.39, 0.29) is 16.8 Å². The van der Waals surface area contributed by atoms with Gasteiger partial charge in [-0.25, -0.2) is 4.79 Å². The molecule has 0 aromatic heterocycles. The minimum Gasteiger partial charge on any atom is -0.507 e. The lowest BCUT2D eigenvalue weighted by atomic mass is 9.56. The number of carbonyl (C=O) groups excluding carboxylic acids is 5. The van der Waals surface area contributed by atoms with E-state index < -0.39 is 129 Å². The van der Waals surface area contributed by atoms with Crippen LogP contribution in [0.5, 0.6) is 11.5 Å². The predicted octanol–water partition coefficient (Wildman–Crippen LogP) is 1.10. The van der Waals surface area contributed by atoms with Crippen LogP contribution in [0, 0.1) is 6.92 Å². The van der Waals surface area contributed by atoms with Gasteiger partial charge in [0.05, 0.1) is 42.6 Å². The van der Waals surface area contributed by atoms with E-state index in [0.29, 0.717) is 12.3 Å². The van der Waals surface area contributed by atoms with Crippen LogP contribution in [-0.4, -0.2) is 132 Å². The number of carbonyl (C=O) groups is 5. The highest BCUT2D eigenvalue weighted by Gasteiger charge is 2.72. The Morgan fingerprint density at radius 2 is 1.69 bits per heavy atom. The first-order valence-electron chi connectivity index (χ1n) is 17.2. The zero-order valence-electron chi connectivity index (χ0n) is 30.6. The molecule has 0 bridgehead atoms. The molecule has 6 rings (SSSR count). The number of ether oxygens (including phenoxy) is 5. The number of Topliss-reactive ketones (excluding diaryl/α,β-unsaturated/α-hetero) is 4. The number of nitrogens with zero attached hydrogens (tertiary/aromatic N) is 2. The number of hydrogen-bond acceptors (Lipinski definition) is 17. The van der Waals surface area contributed by atoms with Crippen molar-refractivity contribution in [3.05, 3.63) is 56.6 Å². The second kappa shape index (κ2) is 14.1. The fourth-order valence-electron chi connectivity index (χ4n) is 8.15. The molecule has 1 saturated heterocycles. The molecule has 1 fully saturated rings. The van der Waals surface area contributed by atoms with E-state index in [1.807, 2.05) is 6.92 Å². The molecule has 1 aliphatic heterocycles. The normalized spacial score (nSPS) is 30.5. The topological polar surface area (TPSA) is 249 Å². The molecule has 1 heterocycles. The minimum absolute atomic E-state index is 0.00528. The maximum atomic E-state index is 14.7. The monoisotopic (exact) mass is 751 g/mol. The molecule has 0 radical (unpaired) electrons. The Kier molecular flexibility index (Phi) is 10.1. The summed E-state index contributed by atoms with van der Waals surface area (Å²) in [5.74, 6) is -7.42. The summed E-state index contributed by atoms with van der Waals surface area (Å²) < 4.78 is 27.6. The van der Waals surface area contributed by atoms with Crippen molar-refractivity contribution in [3.8, 4) is 11.5 Å². The van der Waals surface area contributed by atoms with Crippen LogP contribution in [0.25, 0.3) is 0 Å². The van der Waals surface area contributed by atoms with Crippen molar-refractivity contribution >= 4 is 40.5 Å². The fourth-order valence-corrected chi connectivity index (χ4v) is 8.15. The summed E-state index contributed by atoms with van der Waals surface area (Å²) >= 11 is 0. The first-order chi connectivity index (χ1) is 25.6. The Labute approximate surface area is 308 Å². The number of ketones is 4. The summed E-state index contributed by atoms with van der Waals surface area (Å²) in [7, 11) is 4.84. The summed E-state index contributed by atoms with van der Waals surface area (Å²) in [5, 5.41) is 51.5. The molecule has 54 heavy (non-hydrogen) atoms. The van der Waals surface area contributed by atoms with Gasteiger partial charge in [0, 0.05) is 51.0 Å². The van der Waals surface area contributed by atoms with E-state index in [0.717, 1.165) is 26.7 Å². The van der Waals surface area contributed by atoms with E-state index in [2.05, 4.69) is 15.5 Å². The van der Waals surface area contributed by atoms with Gasteiger partial charge in [0.25, 0.3) is 0 Å². The van der Waals surface area contributed by atoms with Gasteiger partial charge in [0.15, 0.2) is 23.2 Å². The molecule has 2 aromatic carbocycles. The zero-order chi connectivity index (χ0) is 39.6. The van der Waals surface area contributed by atoms with Crippen LogP contribution in [0.4, 0.5) is 0 Å². The number of fused-ring (bicyclic) bond motifs is 5. The number of aliphatic hydroxyl groups excluding tert-OH is 1. The van der Waals surface area contributed by atoms with Crippen molar-refractivity contribution < 1.29 is 68.1 Å². The highest BCUT2D eigenvalue weighted by Crippen LogP contribution is 2.56. The smallest absolute Gasteiger partial charge is 0.341 e. The van der Waals surface area contributed by atoms with Crippen LogP contribution < -0.4 is 5.43 Å². The number of esters is 1. The molecular formula is C37H41N3O14. The van der Waals surface area contributed by atoms with Crippen LogP contribution in [0.1, 0.15) is 95.2 Å². The van der Waals surface area contributed by atoms with Crippen LogP contribution >= 0.6 is 0 Å². The molecule has 0 spiro atoms. The van der Waals surface area contributed by atoms with Gasteiger partial charge in [-0.15, -0.1) is 0 Å². The lowest BCUT2D eigenvalue weighted by molar-refractivity contribution is -0.181. The van der Waals surface area contributed by atoms with Gasteiger partial charge < -0.3 is 49.5 Å². The number of aliphatic imine (C=N–C) groups is 1. The molecule has 3 aliphatic carbocycles. The number of hydrazone groups is 1. The third kappa shape index (κ3) is 5.25. The minimum atomic E-state index is -3.23. The quantitative estimate of drug-likeness (QED) is 0.144. The van der Waals surface area contributed by atoms with Gasteiger partial charge in [-0.3, -0.25) is 24.2 Å². The Bertz CT molecular complexity index is 2060. The predicted molar refractivity (Wildman–Crippen MR) is 187 cm³/mol. The van der Waals surface area contributed by atoms with Crippen molar-refractivity contribution in [2.24, 2.45) is 10.1 Å². The van der Waals surface area contributed by atoms with Gasteiger partial charge >= 0.3 is 5.97 Å². The Hall–Kier alpha value is -4.91. The molecule has 0 unspecified atom stereocenters. The molecular weight excluding hydrogens is 710 g/mol. The molecule has 5 N–H and O–H groups in total. The van der Waals surface area contributed by atoms with Crippen molar-refractivity contribution in [1.82, 2.24) is 5.43 Å². The molecule has 0 amide bonds. The fraction of sp³-hybridized carbons (Fsp3) is 0.486. The van der Waals surface area contributed by atoms with E-state index in [1.165, 1.54) is 27.2 Å². The van der Waals surface area contributed by atoms with Crippen LogP contribution in [0.15, 0.2) is 22.2 Å². The van der Waals surface area contributed by atoms with Crippen molar-refractivity contribution in [3.63, 3.8) is 0 Å². The SMILES string of the molecule is CCCNN=C1[C@@H](OC)[C@H](C)O[C@H](N=C2CC(=O)c3c(cc4c(c3O)C(=O)[C@]3(OC)[C@H](O)Cc5cc(C)c(C(=O)OC)c(O)c5[C@]3(O)C4=O)C2=O)[C@@H]1OC. The summed E-state index contributed by atoms with van der Waals surface area (Å²) in [6.45, 7) is 5.66. The Morgan fingerprint density at radius 1 is 1.00 bits per heavy atom. The van der Waals surface area contributed by atoms with Gasteiger partial charge in [0.2, 0.25) is 17.3 Å². The average Bonchev–Trinajstić information content (AvgIpc) is 3.12. The summed E-state index contributed by atoms with van der Waals surface area (Å²) in [5.41, 5.74) is -6.56. The number of benzene rings is 2. The number of rotatable bonds is 8. The molecule has 0 saturated carbocycles. The number of aliphatic hydroxyl groups is 2. The molecule has 4 aliphatic rings. The van der Waals surface area contributed by atoms with Crippen molar-refractivity contribution in [2.45, 2.75) is 81.9 Å². The summed E-state index contributed by atoms with van der Waals surface area (Å²) in [6.07, 6.45) is -5.70. The van der Waals surface area contributed by atoms with Crippen LogP contribution in [-0.2, 0) is 35.7 Å². The van der Waals surface area contributed by atoms with E-state index >= 15 is 0 Å². The maximum absolute atomic E-state index is 14.7. The van der Waals surface area contributed by atoms with Crippen LogP contribution in [0.2, 0.25) is 0 Å². The Morgan fingerprint density at radius 3 is 2.30 bits per heavy atom. The first-order valence-corrected chi connectivity index (χ1v) is 17.2. The number of phenolic OH excluding ortho intramolecular Hbond substituents is 2. The third-order valence-electron chi connectivity index (χ3n) is 10.6. The number of aryl methyl sites for hydroxylation is 1. The van der Waals surface area contributed by atoms with E-state index in [4.69, 9.17) is 23.7 Å². The van der Waals surface area contributed by atoms with Gasteiger partial charge in [-0.05, 0) is 37.5 Å².